The molecule has 1 heterocycles. The van der Waals surface area contributed by atoms with Gasteiger partial charge in [0.1, 0.15) is 5.41 Å². The molecule has 1 aliphatic heterocycles. The van der Waals surface area contributed by atoms with Gasteiger partial charge in [0.25, 0.3) is 0 Å². The molecule has 18 heavy (non-hydrogen) atoms. The molecule has 5 fully saturated rings. The number of esters is 1. The zero-order valence-electron chi connectivity index (χ0n) is 10.8. The molecule has 4 heteroatoms. The Labute approximate surface area is 107 Å². The topological polar surface area (TPSA) is 44.8 Å². The molecular formula is C14H20O4. The number of ether oxygens (including phenoxy) is 3. The summed E-state index contributed by atoms with van der Waals surface area (Å²) in [6.45, 7) is 1.23. The fourth-order valence-electron chi connectivity index (χ4n) is 5.40. The lowest BCUT2D eigenvalue weighted by Gasteiger charge is -2.62. The van der Waals surface area contributed by atoms with Crippen LogP contribution < -0.4 is 0 Å². The Morgan fingerprint density at radius 3 is 2.28 bits per heavy atom. The van der Waals surface area contributed by atoms with Gasteiger partial charge < -0.3 is 14.2 Å². The summed E-state index contributed by atoms with van der Waals surface area (Å²) in [4.78, 5) is 12.4. The van der Waals surface area contributed by atoms with Crippen LogP contribution in [-0.2, 0) is 19.0 Å². The van der Waals surface area contributed by atoms with Crippen molar-refractivity contribution < 1.29 is 19.0 Å². The van der Waals surface area contributed by atoms with Gasteiger partial charge in [-0.2, -0.15) is 0 Å². The molecule has 0 radical (unpaired) electrons. The summed E-state index contributed by atoms with van der Waals surface area (Å²) in [5.41, 5.74) is -0.521. The molecule has 4 aliphatic carbocycles. The molecule has 4 bridgehead atoms. The second kappa shape index (κ2) is 3.48. The van der Waals surface area contributed by atoms with Crippen LogP contribution in [0.4, 0.5) is 0 Å². The van der Waals surface area contributed by atoms with Gasteiger partial charge in [-0.3, -0.25) is 4.79 Å². The van der Waals surface area contributed by atoms with E-state index in [1.54, 1.807) is 0 Å². The number of carbonyl (C=O) groups is 1. The van der Waals surface area contributed by atoms with E-state index in [1.807, 2.05) is 0 Å². The summed E-state index contributed by atoms with van der Waals surface area (Å²) >= 11 is 0. The molecule has 2 unspecified atom stereocenters. The molecule has 0 aromatic rings. The monoisotopic (exact) mass is 252 g/mol. The number of carbonyl (C=O) groups excluding carboxylic acids is 1. The molecule has 4 saturated carbocycles. The Morgan fingerprint density at radius 1 is 1.11 bits per heavy atom. The van der Waals surface area contributed by atoms with Crippen LogP contribution >= 0.6 is 0 Å². The van der Waals surface area contributed by atoms with Crippen molar-refractivity contribution in [2.75, 3.05) is 20.3 Å². The van der Waals surface area contributed by atoms with E-state index < -0.39 is 11.2 Å². The van der Waals surface area contributed by atoms with Crippen LogP contribution in [0.3, 0.4) is 0 Å². The van der Waals surface area contributed by atoms with Gasteiger partial charge >= 0.3 is 5.97 Å². The van der Waals surface area contributed by atoms with Gasteiger partial charge in [0.2, 0.25) is 0 Å². The van der Waals surface area contributed by atoms with Gasteiger partial charge in [-0.1, -0.05) is 0 Å². The molecule has 2 atom stereocenters. The summed E-state index contributed by atoms with van der Waals surface area (Å²) in [7, 11) is 1.49. The summed E-state index contributed by atoms with van der Waals surface area (Å²) < 4.78 is 17.2. The summed E-state index contributed by atoms with van der Waals surface area (Å²) in [5, 5.41) is 0. The van der Waals surface area contributed by atoms with Gasteiger partial charge in [0, 0.05) is 5.92 Å². The third kappa shape index (κ3) is 1.12. The molecule has 0 N–H and O–H groups in total. The molecule has 4 nitrogen and oxygen atoms in total. The SMILES string of the molecule is COC(=O)C12CC3CC(CC(C3)C13OCCO3)C2. The molecule has 0 amide bonds. The minimum atomic E-state index is -0.659. The van der Waals surface area contributed by atoms with E-state index in [0.717, 1.165) is 25.7 Å². The number of hydrogen-bond donors (Lipinski definition) is 0. The van der Waals surface area contributed by atoms with Crippen molar-refractivity contribution in [1.29, 1.82) is 0 Å². The van der Waals surface area contributed by atoms with Crippen LogP contribution in [0.1, 0.15) is 32.1 Å². The van der Waals surface area contributed by atoms with E-state index >= 15 is 0 Å². The normalized spacial score (nSPS) is 47.7. The Hall–Kier alpha value is -0.610. The van der Waals surface area contributed by atoms with Crippen molar-refractivity contribution in [3.63, 3.8) is 0 Å². The fraction of sp³-hybridized carbons (Fsp3) is 0.929. The summed E-state index contributed by atoms with van der Waals surface area (Å²) in [5.74, 6) is 0.960. The maximum absolute atomic E-state index is 12.4. The zero-order valence-corrected chi connectivity index (χ0v) is 10.8. The highest BCUT2D eigenvalue weighted by molar-refractivity contribution is 5.79. The first kappa shape index (κ1) is 11.2. The summed E-state index contributed by atoms with van der Waals surface area (Å²) in [6, 6.07) is 0. The minimum Gasteiger partial charge on any atom is -0.468 e. The van der Waals surface area contributed by atoms with E-state index in [2.05, 4.69) is 0 Å². The average molecular weight is 252 g/mol. The van der Waals surface area contributed by atoms with Crippen molar-refractivity contribution >= 4 is 5.97 Å². The molecular weight excluding hydrogens is 232 g/mol. The fourth-order valence-corrected chi connectivity index (χ4v) is 5.40. The third-order valence-corrected chi connectivity index (χ3v) is 5.67. The first-order valence-corrected chi connectivity index (χ1v) is 7.06. The smallest absolute Gasteiger partial charge is 0.317 e. The third-order valence-electron chi connectivity index (χ3n) is 5.67. The van der Waals surface area contributed by atoms with Crippen molar-refractivity contribution in [1.82, 2.24) is 0 Å². The highest BCUT2D eigenvalue weighted by Crippen LogP contribution is 2.67. The molecule has 0 aromatic heterocycles. The van der Waals surface area contributed by atoms with Crippen LogP contribution in [0.25, 0.3) is 0 Å². The average Bonchev–Trinajstić information content (AvgIpc) is 2.85. The first-order chi connectivity index (χ1) is 8.70. The van der Waals surface area contributed by atoms with E-state index in [-0.39, 0.29) is 5.97 Å². The minimum absolute atomic E-state index is 0.108. The highest BCUT2D eigenvalue weighted by Gasteiger charge is 2.72. The van der Waals surface area contributed by atoms with Gasteiger partial charge in [-0.25, -0.2) is 0 Å². The van der Waals surface area contributed by atoms with Crippen LogP contribution in [0, 0.1) is 23.2 Å². The Balaban J connectivity index is 1.83. The van der Waals surface area contributed by atoms with Crippen LogP contribution in [0.5, 0.6) is 0 Å². The van der Waals surface area contributed by atoms with E-state index in [1.165, 1.54) is 13.5 Å². The Morgan fingerprint density at radius 2 is 1.72 bits per heavy atom. The predicted molar refractivity (Wildman–Crippen MR) is 62.6 cm³/mol. The number of methoxy groups -OCH3 is 1. The standard InChI is InChI=1S/C14H20O4/c1-16-12(15)13-7-9-4-10(8-13)6-11(5-9)14(13)17-2-3-18-14/h9-11H,2-8H2,1H3. The lowest BCUT2D eigenvalue weighted by atomic mass is 9.46. The Kier molecular flexibility index (Phi) is 2.17. The van der Waals surface area contributed by atoms with E-state index in [4.69, 9.17) is 14.2 Å². The highest BCUT2D eigenvalue weighted by atomic mass is 16.7. The maximum atomic E-state index is 12.4. The predicted octanol–water partition coefficient (Wildman–Crippen LogP) is 1.73. The maximum Gasteiger partial charge on any atom is 0.317 e. The van der Waals surface area contributed by atoms with Gasteiger partial charge in [-0.05, 0) is 43.9 Å². The molecule has 1 spiro atoms. The number of hydrogen-bond acceptors (Lipinski definition) is 4. The molecule has 5 rings (SSSR count). The van der Waals surface area contributed by atoms with E-state index in [0.29, 0.717) is 31.0 Å². The van der Waals surface area contributed by atoms with Crippen LogP contribution in [0.15, 0.2) is 0 Å². The van der Waals surface area contributed by atoms with Crippen LogP contribution in [-0.4, -0.2) is 32.1 Å². The molecule has 5 aliphatic rings. The second-order valence-electron chi connectivity index (χ2n) is 6.48. The van der Waals surface area contributed by atoms with Crippen molar-refractivity contribution in [2.24, 2.45) is 23.2 Å². The molecule has 100 valence electrons. The van der Waals surface area contributed by atoms with Crippen molar-refractivity contribution in [2.45, 2.75) is 37.9 Å². The molecule has 1 saturated heterocycles. The van der Waals surface area contributed by atoms with Gasteiger partial charge in [0.05, 0.1) is 20.3 Å². The first-order valence-electron chi connectivity index (χ1n) is 7.06. The van der Waals surface area contributed by atoms with Crippen molar-refractivity contribution in [3.8, 4) is 0 Å². The Bertz CT molecular complexity index is 371. The quantitative estimate of drug-likeness (QED) is 0.667. The molecule has 0 aromatic carbocycles. The zero-order chi connectivity index (χ0) is 12.4. The second-order valence-corrected chi connectivity index (χ2v) is 6.48. The van der Waals surface area contributed by atoms with Gasteiger partial charge in [0.15, 0.2) is 5.79 Å². The van der Waals surface area contributed by atoms with E-state index in [9.17, 15) is 4.79 Å². The lowest BCUT2D eigenvalue weighted by Crippen LogP contribution is -2.68. The largest absolute Gasteiger partial charge is 0.468 e. The van der Waals surface area contributed by atoms with Crippen molar-refractivity contribution in [3.05, 3.63) is 0 Å². The lowest BCUT2D eigenvalue weighted by molar-refractivity contribution is -0.324. The number of rotatable bonds is 1. The van der Waals surface area contributed by atoms with Gasteiger partial charge in [-0.15, -0.1) is 0 Å². The van der Waals surface area contributed by atoms with Crippen LogP contribution in [0.2, 0.25) is 0 Å². The summed E-state index contributed by atoms with van der Waals surface area (Å²) in [6.07, 6.45) is 5.40.